The van der Waals surface area contributed by atoms with Crippen molar-refractivity contribution in [2.45, 2.75) is 25.1 Å². The van der Waals surface area contributed by atoms with Gasteiger partial charge in [0, 0.05) is 23.7 Å². The number of fused-ring (bicyclic) bond motifs is 1. The summed E-state index contributed by atoms with van der Waals surface area (Å²) in [5.74, 6) is 0.0735. The fraction of sp³-hybridized carbons (Fsp3) is 0.353. The minimum Gasteiger partial charge on any atom is -0.376 e. The first-order chi connectivity index (χ1) is 11.2. The molecule has 6 heteroatoms. The van der Waals surface area contributed by atoms with Gasteiger partial charge in [0.15, 0.2) is 0 Å². The van der Waals surface area contributed by atoms with E-state index in [1.807, 2.05) is 35.2 Å². The fourth-order valence-corrected chi connectivity index (χ4v) is 4.68. The summed E-state index contributed by atoms with van der Waals surface area (Å²) in [7, 11) is 0. The van der Waals surface area contributed by atoms with Crippen molar-refractivity contribution in [3.63, 3.8) is 0 Å². The van der Waals surface area contributed by atoms with Crippen LogP contribution in [0.3, 0.4) is 0 Å². The Balaban J connectivity index is 1.70. The molecule has 23 heavy (non-hydrogen) atoms. The van der Waals surface area contributed by atoms with Crippen LogP contribution in [0.5, 0.6) is 0 Å². The highest BCUT2D eigenvalue weighted by molar-refractivity contribution is 9.11. The Kier molecular flexibility index (Phi) is 4.13. The van der Waals surface area contributed by atoms with Crippen molar-refractivity contribution < 1.29 is 9.53 Å². The molecule has 2 aliphatic heterocycles. The van der Waals surface area contributed by atoms with E-state index in [2.05, 4.69) is 27.3 Å². The van der Waals surface area contributed by atoms with E-state index in [9.17, 15) is 4.79 Å². The molecule has 0 radical (unpaired) electrons. The largest absolute Gasteiger partial charge is 0.376 e. The highest BCUT2D eigenvalue weighted by atomic mass is 79.9. The number of benzene rings is 1. The number of nitrogens with zero attached hydrogens (tertiary/aromatic N) is 1. The van der Waals surface area contributed by atoms with Crippen LogP contribution in [0.25, 0.3) is 0 Å². The minimum atomic E-state index is -0.141. The normalized spacial score (nSPS) is 23.7. The zero-order valence-corrected chi connectivity index (χ0v) is 14.9. The van der Waals surface area contributed by atoms with Gasteiger partial charge < -0.3 is 15.0 Å². The molecule has 2 aromatic rings. The van der Waals surface area contributed by atoms with Gasteiger partial charge in [0.1, 0.15) is 6.17 Å². The van der Waals surface area contributed by atoms with Crippen LogP contribution in [0.1, 0.15) is 34.2 Å². The Morgan fingerprint density at radius 1 is 1.30 bits per heavy atom. The van der Waals surface area contributed by atoms with Gasteiger partial charge in [-0.2, -0.15) is 0 Å². The molecule has 1 amide bonds. The van der Waals surface area contributed by atoms with Crippen LogP contribution in [0.4, 0.5) is 5.69 Å². The van der Waals surface area contributed by atoms with Crippen molar-refractivity contribution in [2.75, 3.05) is 18.5 Å². The molecule has 0 spiro atoms. The summed E-state index contributed by atoms with van der Waals surface area (Å²) in [5.41, 5.74) is 1.63. The van der Waals surface area contributed by atoms with E-state index >= 15 is 0 Å². The Bertz CT molecular complexity index is 727. The molecule has 0 saturated carbocycles. The highest BCUT2D eigenvalue weighted by Crippen LogP contribution is 2.37. The number of carbonyl (C=O) groups excluding carboxylic acids is 1. The number of carbonyl (C=O) groups is 1. The second-order valence-corrected chi connectivity index (χ2v) is 8.32. The highest BCUT2D eigenvalue weighted by Gasteiger charge is 2.35. The van der Waals surface area contributed by atoms with Crippen molar-refractivity contribution in [3.05, 3.63) is 50.6 Å². The predicted molar refractivity (Wildman–Crippen MR) is 94.8 cm³/mol. The van der Waals surface area contributed by atoms with Gasteiger partial charge in [-0.3, -0.25) is 4.79 Å². The number of para-hydroxylation sites is 1. The summed E-state index contributed by atoms with van der Waals surface area (Å²) in [5, 5.41) is 3.52. The maximum Gasteiger partial charge on any atom is 0.257 e. The number of thiophene rings is 1. The van der Waals surface area contributed by atoms with Gasteiger partial charge in [-0.1, -0.05) is 12.1 Å². The average Bonchev–Trinajstić information content (AvgIpc) is 3.21. The average molecular weight is 393 g/mol. The lowest BCUT2D eigenvalue weighted by Gasteiger charge is -2.38. The lowest BCUT2D eigenvalue weighted by Crippen LogP contribution is -2.46. The summed E-state index contributed by atoms with van der Waals surface area (Å²) in [6.45, 7) is 1.42. The van der Waals surface area contributed by atoms with E-state index in [0.717, 1.165) is 39.4 Å². The molecule has 1 fully saturated rings. The third kappa shape index (κ3) is 2.91. The van der Waals surface area contributed by atoms with Gasteiger partial charge in [-0.05, 0) is 53.0 Å². The Labute approximate surface area is 147 Å². The number of halogens is 1. The van der Waals surface area contributed by atoms with Crippen LogP contribution < -0.4 is 5.32 Å². The van der Waals surface area contributed by atoms with Crippen molar-refractivity contribution in [2.24, 2.45) is 0 Å². The molecule has 2 atom stereocenters. The number of nitrogens with one attached hydrogen (secondary N) is 1. The van der Waals surface area contributed by atoms with Crippen molar-refractivity contribution in [1.82, 2.24) is 4.90 Å². The smallest absolute Gasteiger partial charge is 0.257 e. The molecule has 4 nitrogen and oxygen atoms in total. The first kappa shape index (κ1) is 15.2. The van der Waals surface area contributed by atoms with Crippen molar-refractivity contribution in [1.29, 1.82) is 0 Å². The lowest BCUT2D eigenvalue weighted by atomic mass is 10.1. The van der Waals surface area contributed by atoms with Crippen LogP contribution in [-0.2, 0) is 4.74 Å². The van der Waals surface area contributed by atoms with Crippen molar-refractivity contribution >= 4 is 38.9 Å². The Hall–Kier alpha value is -1.37. The molecular weight excluding hydrogens is 376 g/mol. The van der Waals surface area contributed by atoms with Gasteiger partial charge in [-0.15, -0.1) is 11.3 Å². The number of amides is 1. The minimum absolute atomic E-state index is 0.0735. The van der Waals surface area contributed by atoms with Crippen molar-refractivity contribution in [3.8, 4) is 0 Å². The van der Waals surface area contributed by atoms with E-state index < -0.39 is 0 Å². The van der Waals surface area contributed by atoms with Crippen LogP contribution in [0.2, 0.25) is 0 Å². The maximum absolute atomic E-state index is 13.0. The zero-order chi connectivity index (χ0) is 15.8. The van der Waals surface area contributed by atoms with Gasteiger partial charge in [0.05, 0.1) is 15.5 Å². The first-order valence-corrected chi connectivity index (χ1v) is 9.37. The summed E-state index contributed by atoms with van der Waals surface area (Å²) in [4.78, 5) is 16.1. The van der Waals surface area contributed by atoms with E-state index in [4.69, 9.17) is 4.74 Å². The summed E-state index contributed by atoms with van der Waals surface area (Å²) in [6, 6.07) is 11.8. The maximum atomic E-state index is 13.0. The predicted octanol–water partition coefficient (Wildman–Crippen LogP) is 4.26. The van der Waals surface area contributed by atoms with Gasteiger partial charge >= 0.3 is 0 Å². The molecule has 1 saturated heterocycles. The van der Waals surface area contributed by atoms with Gasteiger partial charge in [0.2, 0.25) is 0 Å². The van der Waals surface area contributed by atoms with Gasteiger partial charge in [-0.25, -0.2) is 0 Å². The molecular formula is C17H17BrN2O2S. The van der Waals surface area contributed by atoms with Gasteiger partial charge in [0.25, 0.3) is 5.91 Å². The molecule has 1 N–H and O–H groups in total. The standard InChI is InChI=1S/C17H17BrN2O2S/c18-15-8-7-14(23-15)16-19-13-6-2-1-5-12(13)17(21)20(16)10-11-4-3-9-22-11/h1-2,5-8,11,16,19H,3-4,9-10H2. The second-order valence-electron chi connectivity index (χ2n) is 5.83. The summed E-state index contributed by atoms with van der Waals surface area (Å²) < 4.78 is 6.82. The first-order valence-electron chi connectivity index (χ1n) is 7.76. The molecule has 2 unspecified atom stereocenters. The molecule has 3 heterocycles. The number of anilines is 1. The van der Waals surface area contributed by atoms with Crippen LogP contribution >= 0.6 is 27.3 Å². The van der Waals surface area contributed by atoms with Crippen LogP contribution in [-0.4, -0.2) is 30.1 Å². The SMILES string of the molecule is O=C1c2ccccc2NC(c2ccc(Br)s2)N1CC1CCCO1. The zero-order valence-electron chi connectivity index (χ0n) is 12.5. The monoisotopic (exact) mass is 392 g/mol. The Morgan fingerprint density at radius 2 is 2.17 bits per heavy atom. The number of ether oxygens (including phenoxy) is 1. The third-order valence-corrected chi connectivity index (χ3v) is 5.99. The quantitative estimate of drug-likeness (QED) is 0.848. The summed E-state index contributed by atoms with van der Waals surface area (Å²) in [6.07, 6.45) is 2.09. The van der Waals surface area contributed by atoms with E-state index in [-0.39, 0.29) is 18.2 Å². The van der Waals surface area contributed by atoms with E-state index in [1.54, 1.807) is 11.3 Å². The van der Waals surface area contributed by atoms with Crippen LogP contribution in [0.15, 0.2) is 40.2 Å². The van der Waals surface area contributed by atoms with E-state index in [0.29, 0.717) is 6.54 Å². The summed E-state index contributed by atoms with van der Waals surface area (Å²) >= 11 is 5.17. The molecule has 0 aliphatic carbocycles. The number of hydrogen-bond donors (Lipinski definition) is 1. The molecule has 0 bridgehead atoms. The molecule has 1 aromatic carbocycles. The number of rotatable bonds is 3. The number of hydrogen-bond acceptors (Lipinski definition) is 4. The fourth-order valence-electron chi connectivity index (χ4n) is 3.19. The molecule has 4 rings (SSSR count). The topological polar surface area (TPSA) is 41.6 Å². The third-order valence-electron chi connectivity index (χ3n) is 4.31. The van der Waals surface area contributed by atoms with Crippen LogP contribution in [0, 0.1) is 0 Å². The lowest BCUT2D eigenvalue weighted by molar-refractivity contribution is 0.0430. The molecule has 1 aromatic heterocycles. The molecule has 2 aliphatic rings. The second kappa shape index (κ2) is 6.26. The Morgan fingerprint density at radius 3 is 2.91 bits per heavy atom. The molecule has 120 valence electrons. The van der Waals surface area contributed by atoms with E-state index in [1.165, 1.54) is 0 Å².